The highest BCUT2D eigenvalue weighted by atomic mass is 16.3. The van der Waals surface area contributed by atoms with Crippen LogP contribution in [0.1, 0.15) is 62.6 Å². The molecule has 0 spiro atoms. The summed E-state index contributed by atoms with van der Waals surface area (Å²) in [6, 6.07) is 32.5. The molecule has 0 aliphatic heterocycles. The van der Waals surface area contributed by atoms with Crippen molar-refractivity contribution in [2.75, 3.05) is 4.90 Å². The van der Waals surface area contributed by atoms with E-state index < -0.39 is 0 Å². The molecule has 0 N–H and O–H groups in total. The average molecular weight is 536 g/mol. The number of aryl methyl sites for hydroxylation is 2. The molecule has 4 heteroatoms. The van der Waals surface area contributed by atoms with Crippen LogP contribution in [0.3, 0.4) is 0 Å². The number of rotatable bonds is 4. The van der Waals surface area contributed by atoms with Crippen LogP contribution < -0.4 is 4.90 Å². The lowest BCUT2D eigenvalue weighted by Crippen LogP contribution is -2.16. The van der Waals surface area contributed by atoms with E-state index in [0.717, 1.165) is 33.9 Å². The number of anilines is 3. The highest BCUT2D eigenvalue weighted by molar-refractivity contribution is 6.41. The molecule has 7 rings (SSSR count). The second kappa shape index (κ2) is 9.03. The van der Waals surface area contributed by atoms with Crippen LogP contribution in [-0.2, 0) is 5.41 Å². The van der Waals surface area contributed by atoms with Gasteiger partial charge >= 0.3 is 0 Å². The number of Topliss-reactive ketones (excluding diaryl/α,β-unsaturated/α-hetero) is 2. The first-order valence-electron chi connectivity index (χ1n) is 13.9. The summed E-state index contributed by atoms with van der Waals surface area (Å²) in [5.41, 5.74) is 9.67. The second-order valence-corrected chi connectivity index (χ2v) is 11.5. The van der Waals surface area contributed by atoms with Crippen LogP contribution in [0.4, 0.5) is 17.1 Å². The fourth-order valence-corrected chi connectivity index (χ4v) is 6.33. The minimum atomic E-state index is -0.335. The number of benzene rings is 4. The lowest BCUT2D eigenvalue weighted by atomic mass is 9.82. The van der Waals surface area contributed by atoms with E-state index in [1.165, 1.54) is 16.7 Å². The largest absolute Gasteiger partial charge is 0.456 e. The number of fused-ring (bicyclic) bond motifs is 4. The Bertz CT molecular complexity index is 1870. The standard InChI is InChI=1S/C37H29NO3/c1-22-16-23(2)18-26(17-22)38(24-10-6-5-7-11-24)25-14-15-30-32(19-25)37(3,4)33-21-27(41-36(30)33)20-31-34(39)28-12-8-9-13-29(28)35(31)40/h5-21H,1-4H3. The molecular formula is C37H29NO3. The summed E-state index contributed by atoms with van der Waals surface area (Å²) in [4.78, 5) is 28.2. The Morgan fingerprint density at radius 2 is 1.27 bits per heavy atom. The van der Waals surface area contributed by atoms with Gasteiger partial charge in [-0.05, 0) is 85.1 Å². The summed E-state index contributed by atoms with van der Waals surface area (Å²) in [5.74, 6) is 0.803. The molecule has 200 valence electrons. The predicted octanol–water partition coefficient (Wildman–Crippen LogP) is 9.14. The number of carbonyl (C=O) groups is 2. The van der Waals surface area contributed by atoms with Gasteiger partial charge in [-0.1, -0.05) is 62.4 Å². The maximum absolute atomic E-state index is 13.0. The van der Waals surface area contributed by atoms with Crippen molar-refractivity contribution < 1.29 is 14.0 Å². The number of ketones is 2. The van der Waals surface area contributed by atoms with Crippen LogP contribution in [0.2, 0.25) is 0 Å². The van der Waals surface area contributed by atoms with Gasteiger partial charge in [0.25, 0.3) is 0 Å². The number of para-hydroxylation sites is 1. The van der Waals surface area contributed by atoms with Crippen molar-refractivity contribution in [2.24, 2.45) is 0 Å². The maximum Gasteiger partial charge on any atom is 0.197 e. The molecule has 41 heavy (non-hydrogen) atoms. The van der Waals surface area contributed by atoms with Crippen LogP contribution in [0.25, 0.3) is 17.4 Å². The van der Waals surface area contributed by atoms with Crippen LogP contribution in [0.5, 0.6) is 0 Å². The molecule has 0 atom stereocenters. The number of carbonyl (C=O) groups excluding carboxylic acids is 2. The Balaban J connectivity index is 1.31. The first-order valence-corrected chi connectivity index (χ1v) is 13.9. The van der Waals surface area contributed by atoms with Crippen molar-refractivity contribution in [3.63, 3.8) is 0 Å². The first-order chi connectivity index (χ1) is 19.7. The summed E-state index contributed by atoms with van der Waals surface area (Å²) in [6.07, 6.45) is 1.60. The summed E-state index contributed by atoms with van der Waals surface area (Å²) in [6.45, 7) is 8.64. The van der Waals surface area contributed by atoms with Gasteiger partial charge in [-0.3, -0.25) is 9.59 Å². The lowest BCUT2D eigenvalue weighted by molar-refractivity contribution is 0.0990. The summed E-state index contributed by atoms with van der Waals surface area (Å²) in [7, 11) is 0. The minimum Gasteiger partial charge on any atom is -0.456 e. The van der Waals surface area contributed by atoms with Gasteiger partial charge in [0.1, 0.15) is 11.5 Å². The molecule has 2 aliphatic carbocycles. The van der Waals surface area contributed by atoms with Crippen molar-refractivity contribution in [1.29, 1.82) is 0 Å². The summed E-state index contributed by atoms with van der Waals surface area (Å²) in [5, 5.41) is 0. The molecule has 0 fully saturated rings. The fourth-order valence-electron chi connectivity index (χ4n) is 6.33. The Hall–Kier alpha value is -4.96. The van der Waals surface area contributed by atoms with Gasteiger partial charge < -0.3 is 9.32 Å². The molecule has 5 aromatic rings. The Labute approximate surface area is 239 Å². The smallest absolute Gasteiger partial charge is 0.197 e. The molecule has 2 aliphatic rings. The highest BCUT2D eigenvalue weighted by Gasteiger charge is 2.40. The van der Waals surface area contributed by atoms with Crippen molar-refractivity contribution in [3.05, 3.63) is 142 Å². The van der Waals surface area contributed by atoms with Crippen LogP contribution in [0.15, 0.2) is 107 Å². The number of hydrogen-bond acceptors (Lipinski definition) is 4. The van der Waals surface area contributed by atoms with Crippen molar-refractivity contribution in [2.45, 2.75) is 33.1 Å². The van der Waals surface area contributed by atoms with E-state index in [-0.39, 0.29) is 22.6 Å². The third-order valence-electron chi connectivity index (χ3n) is 8.28. The van der Waals surface area contributed by atoms with Gasteiger partial charge in [0.05, 0.1) is 5.57 Å². The maximum atomic E-state index is 13.0. The van der Waals surface area contributed by atoms with Gasteiger partial charge in [-0.2, -0.15) is 0 Å². The van der Waals surface area contributed by atoms with Crippen molar-refractivity contribution in [3.8, 4) is 11.3 Å². The molecule has 1 aromatic heterocycles. The van der Waals surface area contributed by atoms with Gasteiger partial charge in [0.2, 0.25) is 0 Å². The first kappa shape index (κ1) is 25.0. The Morgan fingerprint density at radius 1 is 0.634 bits per heavy atom. The van der Waals surface area contributed by atoms with E-state index in [9.17, 15) is 9.59 Å². The zero-order chi connectivity index (χ0) is 28.5. The summed E-state index contributed by atoms with van der Waals surface area (Å²) < 4.78 is 6.35. The monoisotopic (exact) mass is 535 g/mol. The third-order valence-corrected chi connectivity index (χ3v) is 8.28. The van der Waals surface area contributed by atoms with E-state index in [2.05, 4.69) is 93.3 Å². The fraction of sp³-hybridized carbons (Fsp3) is 0.135. The highest BCUT2D eigenvalue weighted by Crippen LogP contribution is 2.52. The van der Waals surface area contributed by atoms with Gasteiger partial charge in [-0.15, -0.1) is 0 Å². The number of nitrogens with zero attached hydrogens (tertiary/aromatic N) is 1. The van der Waals surface area contributed by atoms with E-state index in [0.29, 0.717) is 16.9 Å². The topological polar surface area (TPSA) is 50.5 Å². The molecule has 0 unspecified atom stereocenters. The molecule has 4 nitrogen and oxygen atoms in total. The van der Waals surface area contributed by atoms with E-state index in [1.54, 1.807) is 30.3 Å². The SMILES string of the molecule is Cc1cc(C)cc(N(c2ccccc2)c2ccc3c(c2)C(C)(C)c2cc(C=C4C(=O)c5ccccc5C4=O)oc2-3)c1. The van der Waals surface area contributed by atoms with E-state index in [4.69, 9.17) is 4.42 Å². The van der Waals surface area contributed by atoms with Crippen LogP contribution in [0, 0.1) is 13.8 Å². The molecule has 0 saturated heterocycles. The van der Waals surface area contributed by atoms with Crippen LogP contribution in [-0.4, -0.2) is 11.6 Å². The molecule has 4 aromatic carbocycles. The zero-order valence-electron chi connectivity index (χ0n) is 23.5. The van der Waals surface area contributed by atoms with Gasteiger partial charge in [0.15, 0.2) is 11.6 Å². The molecule has 0 bridgehead atoms. The van der Waals surface area contributed by atoms with E-state index >= 15 is 0 Å². The van der Waals surface area contributed by atoms with Crippen molar-refractivity contribution >= 4 is 34.7 Å². The summed E-state index contributed by atoms with van der Waals surface area (Å²) >= 11 is 0. The second-order valence-electron chi connectivity index (χ2n) is 11.5. The lowest BCUT2D eigenvalue weighted by Gasteiger charge is -2.28. The Morgan fingerprint density at radius 3 is 1.93 bits per heavy atom. The number of allylic oxidation sites excluding steroid dienone is 1. The van der Waals surface area contributed by atoms with E-state index in [1.807, 2.05) is 12.1 Å². The molecule has 0 amide bonds. The average Bonchev–Trinajstić information content (AvgIpc) is 3.55. The quantitative estimate of drug-likeness (QED) is 0.170. The third kappa shape index (κ3) is 3.90. The Kier molecular flexibility index (Phi) is 5.52. The molecular weight excluding hydrogens is 506 g/mol. The van der Waals surface area contributed by atoms with Gasteiger partial charge in [0, 0.05) is 44.7 Å². The van der Waals surface area contributed by atoms with Crippen molar-refractivity contribution in [1.82, 2.24) is 0 Å². The van der Waals surface area contributed by atoms with Crippen LogP contribution >= 0.6 is 0 Å². The number of furan rings is 1. The molecule has 0 radical (unpaired) electrons. The molecule has 0 saturated carbocycles. The number of hydrogen-bond donors (Lipinski definition) is 0. The predicted molar refractivity (Wildman–Crippen MR) is 164 cm³/mol. The molecule has 1 heterocycles. The zero-order valence-corrected chi connectivity index (χ0v) is 23.5. The van der Waals surface area contributed by atoms with Gasteiger partial charge in [-0.25, -0.2) is 0 Å². The minimum absolute atomic E-state index is 0.152. The normalized spacial score (nSPS) is 14.6.